The molecule has 0 aliphatic heterocycles. The van der Waals surface area contributed by atoms with Crippen LogP contribution in [0.15, 0.2) is 17.3 Å². The van der Waals surface area contributed by atoms with Gasteiger partial charge in [0.15, 0.2) is 23.2 Å². The van der Waals surface area contributed by atoms with E-state index in [0.29, 0.717) is 5.92 Å². The lowest BCUT2D eigenvalue weighted by molar-refractivity contribution is 0.112. The molecule has 0 amide bonds. The number of oxime groups is 1. The lowest BCUT2D eigenvalue weighted by Crippen LogP contribution is -2.26. The van der Waals surface area contributed by atoms with Crippen molar-refractivity contribution in [1.82, 2.24) is 0 Å². The van der Waals surface area contributed by atoms with E-state index >= 15 is 0 Å². The summed E-state index contributed by atoms with van der Waals surface area (Å²) in [5.74, 6) is -1.86. The first kappa shape index (κ1) is 15.5. The van der Waals surface area contributed by atoms with Gasteiger partial charge in [-0.2, -0.15) is 0 Å². The standard InChI is InChI=1S/C15H20F2N2O2/c1-2-9-4-3-5-11(6-9)21-14-12(16)7-10(8-13(14)17)15(18)19-20/h7-9,11,20H,2-6H2,1H3,(H2,18,19). The first-order valence-corrected chi connectivity index (χ1v) is 7.18. The normalized spacial score (nSPS) is 23.1. The fourth-order valence-corrected chi connectivity index (χ4v) is 2.76. The van der Waals surface area contributed by atoms with Crippen molar-refractivity contribution in [1.29, 1.82) is 0 Å². The number of ether oxygens (including phenoxy) is 1. The van der Waals surface area contributed by atoms with Gasteiger partial charge in [0.1, 0.15) is 0 Å². The predicted molar refractivity (Wildman–Crippen MR) is 75.5 cm³/mol. The summed E-state index contributed by atoms with van der Waals surface area (Å²) in [6, 6.07) is 2.02. The van der Waals surface area contributed by atoms with Crippen LogP contribution in [-0.2, 0) is 0 Å². The molecule has 116 valence electrons. The molecule has 2 unspecified atom stereocenters. The average molecular weight is 298 g/mol. The van der Waals surface area contributed by atoms with Crippen molar-refractivity contribution in [3.8, 4) is 5.75 Å². The van der Waals surface area contributed by atoms with Crippen LogP contribution in [0.1, 0.15) is 44.6 Å². The lowest BCUT2D eigenvalue weighted by atomic mass is 9.85. The molecular formula is C15H20F2N2O2. The Balaban J connectivity index is 2.17. The van der Waals surface area contributed by atoms with Crippen LogP contribution in [0, 0.1) is 17.6 Å². The number of benzene rings is 1. The first-order valence-electron chi connectivity index (χ1n) is 7.18. The number of hydrogen-bond acceptors (Lipinski definition) is 3. The Kier molecular flexibility index (Phi) is 4.98. The Morgan fingerprint density at radius 3 is 2.62 bits per heavy atom. The van der Waals surface area contributed by atoms with Gasteiger partial charge in [-0.15, -0.1) is 0 Å². The summed E-state index contributed by atoms with van der Waals surface area (Å²) < 4.78 is 33.5. The fourth-order valence-electron chi connectivity index (χ4n) is 2.76. The van der Waals surface area contributed by atoms with Gasteiger partial charge in [0.05, 0.1) is 6.10 Å². The van der Waals surface area contributed by atoms with Crippen LogP contribution in [0.4, 0.5) is 8.78 Å². The van der Waals surface area contributed by atoms with Crippen LogP contribution in [0.2, 0.25) is 0 Å². The van der Waals surface area contributed by atoms with Gasteiger partial charge in [-0.25, -0.2) is 8.78 Å². The maximum absolute atomic E-state index is 14.0. The molecule has 1 aromatic carbocycles. The molecule has 2 rings (SSSR count). The van der Waals surface area contributed by atoms with E-state index in [0.717, 1.165) is 44.2 Å². The maximum Gasteiger partial charge on any atom is 0.191 e. The van der Waals surface area contributed by atoms with Crippen LogP contribution in [-0.4, -0.2) is 17.1 Å². The third-order valence-corrected chi connectivity index (χ3v) is 4.00. The quantitative estimate of drug-likeness (QED) is 0.387. The molecule has 0 saturated heterocycles. The van der Waals surface area contributed by atoms with Crippen molar-refractivity contribution in [2.75, 3.05) is 0 Å². The molecule has 6 heteroatoms. The Morgan fingerprint density at radius 1 is 1.38 bits per heavy atom. The van der Waals surface area contributed by atoms with Gasteiger partial charge in [0.2, 0.25) is 0 Å². The van der Waals surface area contributed by atoms with Gasteiger partial charge in [-0.05, 0) is 37.3 Å². The highest BCUT2D eigenvalue weighted by molar-refractivity contribution is 5.97. The van der Waals surface area contributed by atoms with Crippen LogP contribution < -0.4 is 10.5 Å². The molecule has 0 radical (unpaired) electrons. The lowest BCUT2D eigenvalue weighted by Gasteiger charge is -2.29. The second kappa shape index (κ2) is 6.74. The van der Waals surface area contributed by atoms with Crippen molar-refractivity contribution >= 4 is 5.84 Å². The Labute approximate surface area is 122 Å². The highest BCUT2D eigenvalue weighted by atomic mass is 19.1. The summed E-state index contributed by atoms with van der Waals surface area (Å²) in [7, 11) is 0. The second-order valence-corrected chi connectivity index (χ2v) is 5.43. The van der Waals surface area contributed by atoms with Gasteiger partial charge in [-0.1, -0.05) is 24.9 Å². The molecule has 1 saturated carbocycles. The Hall–Kier alpha value is -1.85. The molecule has 1 fully saturated rings. The zero-order valence-electron chi connectivity index (χ0n) is 12.0. The van der Waals surface area contributed by atoms with E-state index in [1.165, 1.54) is 0 Å². The van der Waals surface area contributed by atoms with E-state index in [4.69, 9.17) is 15.7 Å². The Morgan fingerprint density at radius 2 is 2.05 bits per heavy atom. The largest absolute Gasteiger partial charge is 0.484 e. The van der Waals surface area contributed by atoms with Crippen molar-refractivity contribution in [3.05, 3.63) is 29.3 Å². The molecule has 4 nitrogen and oxygen atoms in total. The number of nitrogens with two attached hydrogens (primary N) is 1. The average Bonchev–Trinajstić information content (AvgIpc) is 2.50. The molecule has 1 aliphatic rings. The minimum atomic E-state index is -0.838. The minimum absolute atomic E-state index is 0.0186. The highest BCUT2D eigenvalue weighted by Crippen LogP contribution is 2.32. The van der Waals surface area contributed by atoms with Gasteiger partial charge >= 0.3 is 0 Å². The predicted octanol–water partition coefficient (Wildman–Crippen LogP) is 3.41. The summed E-state index contributed by atoms with van der Waals surface area (Å²) >= 11 is 0. The molecule has 0 aromatic heterocycles. The monoisotopic (exact) mass is 298 g/mol. The fraction of sp³-hybridized carbons (Fsp3) is 0.533. The van der Waals surface area contributed by atoms with E-state index in [1.54, 1.807) is 0 Å². The summed E-state index contributed by atoms with van der Waals surface area (Å²) in [4.78, 5) is 0. The number of hydrogen-bond donors (Lipinski definition) is 2. The topological polar surface area (TPSA) is 67.8 Å². The first-order chi connectivity index (χ1) is 10.0. The third kappa shape index (κ3) is 3.62. The molecule has 1 aliphatic carbocycles. The van der Waals surface area contributed by atoms with E-state index in [2.05, 4.69) is 12.1 Å². The van der Waals surface area contributed by atoms with Gasteiger partial charge in [-0.3, -0.25) is 0 Å². The van der Waals surface area contributed by atoms with Gasteiger partial charge < -0.3 is 15.7 Å². The van der Waals surface area contributed by atoms with Crippen molar-refractivity contribution in [2.24, 2.45) is 16.8 Å². The number of halogens is 2. The smallest absolute Gasteiger partial charge is 0.191 e. The second-order valence-electron chi connectivity index (χ2n) is 5.43. The van der Waals surface area contributed by atoms with Gasteiger partial charge in [0.25, 0.3) is 0 Å². The van der Waals surface area contributed by atoms with Crippen LogP contribution >= 0.6 is 0 Å². The summed E-state index contributed by atoms with van der Waals surface area (Å²) in [6.45, 7) is 2.11. The summed E-state index contributed by atoms with van der Waals surface area (Å²) in [5.41, 5.74) is 5.31. The number of amidine groups is 1. The molecule has 0 bridgehead atoms. The van der Waals surface area contributed by atoms with Gasteiger partial charge in [0, 0.05) is 5.56 Å². The molecule has 21 heavy (non-hydrogen) atoms. The van der Waals surface area contributed by atoms with Crippen LogP contribution in [0.3, 0.4) is 0 Å². The van der Waals surface area contributed by atoms with E-state index in [-0.39, 0.29) is 23.3 Å². The maximum atomic E-state index is 14.0. The van der Waals surface area contributed by atoms with Crippen molar-refractivity contribution in [2.45, 2.75) is 45.1 Å². The summed E-state index contributed by atoms with van der Waals surface area (Å²) in [6.07, 6.45) is 4.66. The zero-order chi connectivity index (χ0) is 15.4. The number of nitrogens with zero attached hydrogens (tertiary/aromatic N) is 1. The molecule has 0 spiro atoms. The van der Waals surface area contributed by atoms with E-state index in [1.807, 2.05) is 0 Å². The minimum Gasteiger partial charge on any atom is -0.484 e. The third-order valence-electron chi connectivity index (χ3n) is 4.00. The molecular weight excluding hydrogens is 278 g/mol. The SMILES string of the molecule is CCC1CCCC(Oc2c(F)cc(C(N)=NO)cc2F)C1. The van der Waals surface area contributed by atoms with E-state index < -0.39 is 11.6 Å². The van der Waals surface area contributed by atoms with Crippen LogP contribution in [0.5, 0.6) is 5.75 Å². The van der Waals surface area contributed by atoms with Crippen molar-refractivity contribution in [3.63, 3.8) is 0 Å². The highest BCUT2D eigenvalue weighted by Gasteiger charge is 2.25. The molecule has 0 heterocycles. The van der Waals surface area contributed by atoms with Crippen molar-refractivity contribution < 1.29 is 18.7 Å². The molecule has 2 atom stereocenters. The molecule has 1 aromatic rings. The van der Waals surface area contributed by atoms with E-state index in [9.17, 15) is 8.78 Å². The zero-order valence-corrected chi connectivity index (χ0v) is 12.0. The molecule has 3 N–H and O–H groups in total. The summed E-state index contributed by atoms with van der Waals surface area (Å²) in [5, 5.41) is 11.3. The van der Waals surface area contributed by atoms with Crippen LogP contribution in [0.25, 0.3) is 0 Å². The Bertz CT molecular complexity index is 511. The number of rotatable bonds is 4.